The summed E-state index contributed by atoms with van der Waals surface area (Å²) in [6.45, 7) is 5.46. The van der Waals surface area contributed by atoms with Gasteiger partial charge in [0.15, 0.2) is 0 Å². The first-order valence-corrected chi connectivity index (χ1v) is 11.2. The fourth-order valence-electron chi connectivity index (χ4n) is 4.22. The monoisotopic (exact) mass is 460 g/mol. The summed E-state index contributed by atoms with van der Waals surface area (Å²) in [6.07, 6.45) is 0. The van der Waals surface area contributed by atoms with Crippen LogP contribution in [0.5, 0.6) is 0 Å². The lowest BCUT2D eigenvalue weighted by atomic mass is 10.0. The van der Waals surface area contributed by atoms with Crippen molar-refractivity contribution in [3.63, 3.8) is 0 Å². The molecule has 0 spiro atoms. The van der Waals surface area contributed by atoms with Crippen LogP contribution in [0.4, 0.5) is 10.1 Å². The van der Waals surface area contributed by atoms with E-state index in [-0.39, 0.29) is 17.4 Å². The summed E-state index contributed by atoms with van der Waals surface area (Å²) in [7, 11) is 1.77. The van der Waals surface area contributed by atoms with Gasteiger partial charge in [-0.05, 0) is 55.0 Å². The van der Waals surface area contributed by atoms with Gasteiger partial charge in [0.05, 0.1) is 35.6 Å². The molecule has 2 aromatic carbocycles. The van der Waals surface area contributed by atoms with E-state index in [2.05, 4.69) is 27.2 Å². The van der Waals surface area contributed by atoms with Crippen molar-refractivity contribution in [2.45, 2.75) is 13.5 Å². The molecule has 8 heteroatoms. The molecule has 0 saturated carbocycles. The van der Waals surface area contributed by atoms with E-state index in [1.165, 1.54) is 12.1 Å². The van der Waals surface area contributed by atoms with E-state index in [1.54, 1.807) is 37.1 Å². The molecule has 1 aliphatic rings. The van der Waals surface area contributed by atoms with Gasteiger partial charge in [0, 0.05) is 37.9 Å². The topological polar surface area (TPSA) is 71.7 Å². The molecule has 0 atom stereocenters. The number of nitrogens with zero attached hydrogens (tertiary/aromatic N) is 4. The van der Waals surface area contributed by atoms with Crippen LogP contribution in [0, 0.1) is 12.7 Å². The highest BCUT2D eigenvalue weighted by Crippen LogP contribution is 2.28. The summed E-state index contributed by atoms with van der Waals surface area (Å²) in [6, 6.07) is 16.0. The molecule has 0 N–H and O–H groups in total. The van der Waals surface area contributed by atoms with Crippen molar-refractivity contribution in [1.82, 2.24) is 15.0 Å². The second kappa shape index (κ2) is 9.23. The van der Waals surface area contributed by atoms with Crippen molar-refractivity contribution in [2.75, 3.05) is 38.3 Å². The molecule has 4 aromatic rings. The number of aromatic nitrogens is 2. The van der Waals surface area contributed by atoms with Crippen LogP contribution in [0.15, 0.2) is 59.1 Å². The maximum atomic E-state index is 13.5. The van der Waals surface area contributed by atoms with Crippen LogP contribution in [0.1, 0.15) is 21.6 Å². The second-order valence-electron chi connectivity index (χ2n) is 8.44. The molecule has 0 bridgehead atoms. The van der Waals surface area contributed by atoms with Crippen molar-refractivity contribution in [1.29, 1.82) is 0 Å². The van der Waals surface area contributed by atoms with Crippen molar-refractivity contribution in [3.8, 4) is 11.3 Å². The molecule has 0 unspecified atom stereocenters. The lowest BCUT2D eigenvalue weighted by Crippen LogP contribution is -2.36. The number of anilines is 1. The molecule has 3 heterocycles. The normalized spacial score (nSPS) is 13.9. The van der Waals surface area contributed by atoms with Gasteiger partial charge in [-0.15, -0.1) is 0 Å². The summed E-state index contributed by atoms with van der Waals surface area (Å²) in [5, 5.41) is 4.59. The van der Waals surface area contributed by atoms with Gasteiger partial charge in [-0.3, -0.25) is 4.79 Å². The Hall–Kier alpha value is -3.78. The summed E-state index contributed by atoms with van der Waals surface area (Å²) in [5.41, 5.74) is 4.73. The molecule has 5 rings (SSSR count). The first kappa shape index (κ1) is 22.0. The molecule has 1 amide bonds. The molecular formula is C26H25FN4O3. The molecule has 174 valence electrons. The zero-order valence-electron chi connectivity index (χ0n) is 19.1. The van der Waals surface area contributed by atoms with E-state index in [9.17, 15) is 9.18 Å². The molecule has 0 aliphatic carbocycles. The summed E-state index contributed by atoms with van der Waals surface area (Å²) in [5.74, 6) is -0.504. The number of carbonyl (C=O) groups excluding carboxylic acids is 1. The van der Waals surface area contributed by atoms with E-state index in [1.807, 2.05) is 12.1 Å². The minimum absolute atomic E-state index is 0.167. The number of benzene rings is 2. The highest BCUT2D eigenvalue weighted by molar-refractivity contribution is 6.06. The predicted octanol–water partition coefficient (Wildman–Crippen LogP) is 4.45. The van der Waals surface area contributed by atoms with Crippen molar-refractivity contribution >= 4 is 22.7 Å². The number of halogens is 1. The van der Waals surface area contributed by atoms with Gasteiger partial charge in [-0.2, -0.15) is 0 Å². The standard InChI is InChI=1S/C26H25FN4O3/c1-17-24-22(15-23(28-25(24)34-29-17)19-5-7-20(27)8-6-19)26(32)30(2)16-18-3-9-21(10-4-18)31-11-13-33-14-12-31/h3-10,15H,11-14,16H2,1-2H3. The zero-order valence-corrected chi connectivity index (χ0v) is 19.1. The molecule has 1 aliphatic heterocycles. The van der Waals surface area contributed by atoms with Crippen LogP contribution in [-0.2, 0) is 11.3 Å². The van der Waals surface area contributed by atoms with Crippen molar-refractivity contribution < 1.29 is 18.4 Å². The van der Waals surface area contributed by atoms with Gasteiger partial charge in [-0.1, -0.05) is 17.3 Å². The third-order valence-electron chi connectivity index (χ3n) is 6.07. The lowest BCUT2D eigenvalue weighted by Gasteiger charge is -2.29. The first-order valence-electron chi connectivity index (χ1n) is 11.2. The fraction of sp³-hybridized carbons (Fsp3) is 0.269. The number of ether oxygens (including phenoxy) is 1. The molecule has 0 radical (unpaired) electrons. The van der Waals surface area contributed by atoms with E-state index in [0.29, 0.717) is 34.4 Å². The number of fused-ring (bicyclic) bond motifs is 1. The Labute approximate surface area is 196 Å². The van der Waals surface area contributed by atoms with Crippen molar-refractivity contribution in [2.24, 2.45) is 0 Å². The third kappa shape index (κ3) is 4.36. The second-order valence-corrected chi connectivity index (χ2v) is 8.44. The Kier molecular flexibility index (Phi) is 5.98. The van der Waals surface area contributed by atoms with Crippen LogP contribution in [0.25, 0.3) is 22.4 Å². The number of rotatable bonds is 5. The molecule has 2 aromatic heterocycles. The quantitative estimate of drug-likeness (QED) is 0.438. The van der Waals surface area contributed by atoms with Gasteiger partial charge in [0.1, 0.15) is 5.82 Å². The van der Waals surface area contributed by atoms with E-state index < -0.39 is 0 Å². The highest BCUT2D eigenvalue weighted by atomic mass is 19.1. The van der Waals surface area contributed by atoms with Crippen LogP contribution < -0.4 is 4.90 Å². The molecule has 34 heavy (non-hydrogen) atoms. The summed E-state index contributed by atoms with van der Waals surface area (Å²) < 4.78 is 24.2. The number of aryl methyl sites for hydroxylation is 1. The Morgan fingerprint density at radius 3 is 2.50 bits per heavy atom. The Morgan fingerprint density at radius 2 is 1.79 bits per heavy atom. The number of carbonyl (C=O) groups is 1. The Bertz CT molecular complexity index is 1310. The molecule has 1 saturated heterocycles. The SMILES string of the molecule is Cc1noc2nc(-c3ccc(F)cc3)cc(C(=O)N(C)Cc3ccc(N4CCOCC4)cc3)c12. The van der Waals surface area contributed by atoms with Crippen molar-refractivity contribution in [3.05, 3.63) is 77.2 Å². The minimum atomic E-state index is -0.337. The largest absolute Gasteiger partial charge is 0.378 e. The maximum Gasteiger partial charge on any atom is 0.259 e. The number of amides is 1. The summed E-state index contributed by atoms with van der Waals surface area (Å²) in [4.78, 5) is 22.0. The van der Waals surface area contributed by atoms with Crippen LogP contribution in [0.3, 0.4) is 0 Å². The van der Waals surface area contributed by atoms with Gasteiger partial charge in [-0.25, -0.2) is 9.37 Å². The average Bonchev–Trinajstić information content (AvgIpc) is 3.25. The van der Waals surface area contributed by atoms with Gasteiger partial charge < -0.3 is 19.1 Å². The lowest BCUT2D eigenvalue weighted by molar-refractivity contribution is 0.0787. The van der Waals surface area contributed by atoms with Gasteiger partial charge in [0.25, 0.3) is 11.6 Å². The zero-order chi connectivity index (χ0) is 23.7. The molecular weight excluding hydrogens is 435 g/mol. The van der Waals surface area contributed by atoms with E-state index in [4.69, 9.17) is 9.26 Å². The molecule has 1 fully saturated rings. The maximum absolute atomic E-state index is 13.5. The number of pyridine rings is 1. The van der Waals surface area contributed by atoms with Crippen LogP contribution in [-0.4, -0.2) is 54.3 Å². The van der Waals surface area contributed by atoms with Gasteiger partial charge >= 0.3 is 0 Å². The number of hydrogen-bond donors (Lipinski definition) is 0. The van der Waals surface area contributed by atoms with Crippen LogP contribution in [0.2, 0.25) is 0 Å². The minimum Gasteiger partial charge on any atom is -0.378 e. The third-order valence-corrected chi connectivity index (χ3v) is 6.07. The molecule has 7 nitrogen and oxygen atoms in total. The van der Waals surface area contributed by atoms with Crippen LogP contribution >= 0.6 is 0 Å². The number of hydrogen-bond acceptors (Lipinski definition) is 6. The Balaban J connectivity index is 1.40. The predicted molar refractivity (Wildman–Crippen MR) is 127 cm³/mol. The average molecular weight is 461 g/mol. The Morgan fingerprint density at radius 1 is 1.09 bits per heavy atom. The van der Waals surface area contributed by atoms with E-state index >= 15 is 0 Å². The smallest absolute Gasteiger partial charge is 0.259 e. The fourth-order valence-corrected chi connectivity index (χ4v) is 4.22. The summed E-state index contributed by atoms with van der Waals surface area (Å²) >= 11 is 0. The number of morpholine rings is 1. The van der Waals surface area contributed by atoms with Gasteiger partial charge in [0.2, 0.25) is 0 Å². The highest BCUT2D eigenvalue weighted by Gasteiger charge is 2.22. The van der Waals surface area contributed by atoms with E-state index in [0.717, 1.165) is 37.6 Å². The first-order chi connectivity index (χ1) is 16.5.